The predicted molar refractivity (Wildman–Crippen MR) is 147 cm³/mol. The monoisotopic (exact) mass is 528 g/mol. The van der Waals surface area contributed by atoms with Crippen LogP contribution in [-0.2, 0) is 26.3 Å². The van der Waals surface area contributed by atoms with Crippen LogP contribution in [0.3, 0.4) is 0 Å². The van der Waals surface area contributed by atoms with Gasteiger partial charge in [0.1, 0.15) is 6.04 Å². The number of unbranched alkanes of at least 4 members (excludes halogenated alkanes) is 1. The van der Waals surface area contributed by atoms with Crippen LogP contribution < -0.4 is 16.4 Å². The summed E-state index contributed by atoms with van der Waals surface area (Å²) in [4.78, 5) is 48.8. The van der Waals surface area contributed by atoms with Crippen molar-refractivity contribution < 1.29 is 19.1 Å². The molecule has 4 N–H and O–H groups in total. The van der Waals surface area contributed by atoms with E-state index in [4.69, 9.17) is 10.7 Å². The van der Waals surface area contributed by atoms with Gasteiger partial charge in [0.25, 0.3) is 5.91 Å². The minimum Gasteiger partial charge on any atom is -0.453 e. The molecule has 0 spiro atoms. The lowest BCUT2D eigenvalue weighted by molar-refractivity contribution is -0.130. The molecule has 1 atom stereocenters. The fraction of sp³-hybridized carbons (Fsp3) is 0.276. The molecule has 10 heteroatoms. The second-order valence-corrected chi connectivity index (χ2v) is 9.08. The Kier molecular flexibility index (Phi) is 8.88. The number of carbonyl (C=O) groups excluding carboxylic acids is 3. The molecular formula is C29H32N6O4. The summed E-state index contributed by atoms with van der Waals surface area (Å²) in [5.74, 6) is -0.398. The van der Waals surface area contributed by atoms with Gasteiger partial charge in [-0.1, -0.05) is 66.7 Å². The lowest BCUT2D eigenvalue weighted by Crippen LogP contribution is -2.48. The number of nitrogens with one attached hydrogen (secondary N) is 2. The molecule has 10 nitrogen and oxygen atoms in total. The zero-order chi connectivity index (χ0) is 27.7. The molecule has 0 fully saturated rings. The summed E-state index contributed by atoms with van der Waals surface area (Å²) in [6.07, 6.45) is 2.31. The molecule has 0 radical (unpaired) electrons. The topological polar surface area (TPSA) is 139 Å². The van der Waals surface area contributed by atoms with Crippen molar-refractivity contribution in [2.24, 2.45) is 10.7 Å². The molecule has 0 saturated carbocycles. The summed E-state index contributed by atoms with van der Waals surface area (Å²) in [5.41, 5.74) is 7.20. The molecule has 3 amide bonds. The highest BCUT2D eigenvalue weighted by Gasteiger charge is 2.50. The average molecular weight is 529 g/mol. The minimum atomic E-state index is -1.24. The molecule has 202 valence electrons. The zero-order valence-corrected chi connectivity index (χ0v) is 21.7. The number of amides is 3. The first-order valence-electron chi connectivity index (χ1n) is 12.8. The number of rotatable bonds is 11. The van der Waals surface area contributed by atoms with Gasteiger partial charge in [0.2, 0.25) is 5.91 Å². The van der Waals surface area contributed by atoms with Gasteiger partial charge in [-0.3, -0.25) is 19.5 Å². The number of guanidine groups is 1. The molecule has 0 bridgehead atoms. The van der Waals surface area contributed by atoms with E-state index in [1.807, 2.05) is 66.7 Å². The molecular weight excluding hydrogens is 496 g/mol. The first kappa shape index (κ1) is 27.3. The van der Waals surface area contributed by atoms with Crippen LogP contribution in [0.2, 0.25) is 0 Å². The van der Waals surface area contributed by atoms with Crippen LogP contribution in [0, 0.1) is 0 Å². The average Bonchev–Trinajstić information content (AvgIpc) is 3.23. The smallest absolute Gasteiger partial charge is 0.407 e. The van der Waals surface area contributed by atoms with E-state index in [-0.39, 0.29) is 24.2 Å². The van der Waals surface area contributed by atoms with Crippen LogP contribution >= 0.6 is 0 Å². The summed E-state index contributed by atoms with van der Waals surface area (Å²) in [6, 6.07) is 23.3. The van der Waals surface area contributed by atoms with Gasteiger partial charge >= 0.3 is 6.09 Å². The lowest BCUT2D eigenvalue weighted by atomic mass is 9.83. The first-order valence-corrected chi connectivity index (χ1v) is 12.8. The number of pyridine rings is 1. The Morgan fingerprint density at radius 1 is 0.974 bits per heavy atom. The van der Waals surface area contributed by atoms with Crippen molar-refractivity contribution in [3.05, 3.63) is 102 Å². The lowest BCUT2D eigenvalue weighted by Gasteiger charge is -2.27. The third-order valence-electron chi connectivity index (χ3n) is 6.54. The number of ether oxygens (including phenoxy) is 1. The minimum absolute atomic E-state index is 0.162. The van der Waals surface area contributed by atoms with Gasteiger partial charge in [-0.05, 0) is 36.1 Å². The highest BCUT2D eigenvalue weighted by Crippen LogP contribution is 2.39. The SMILES string of the molecule is COC(=O)NC(Cc1ccccn1)C(=O)NCCCCN1C(=O)C(c2ccccc2)(c2ccccc2)N=C1N. The first-order chi connectivity index (χ1) is 19.0. The molecule has 4 rings (SSSR count). The Labute approximate surface area is 227 Å². The van der Waals surface area contributed by atoms with Gasteiger partial charge in [0.15, 0.2) is 11.5 Å². The standard InChI is InChI=1S/C29H32N6O4/c1-39-28(38)33-24(20-23-16-8-9-17-31-23)25(36)32-18-10-11-19-35-26(37)29(34-27(35)30,21-12-4-2-5-13-21)22-14-6-3-7-15-22/h2-9,12-17,24H,10-11,18-20H2,1H3,(H2,30,34)(H,32,36)(H,33,38). The molecule has 2 aromatic carbocycles. The number of hydrogen-bond acceptors (Lipinski definition) is 7. The van der Waals surface area contributed by atoms with Crippen molar-refractivity contribution in [2.75, 3.05) is 20.2 Å². The maximum absolute atomic E-state index is 13.8. The number of aliphatic imine (C=N–C) groups is 1. The number of hydrogen-bond donors (Lipinski definition) is 3. The number of carbonyl (C=O) groups is 3. The number of nitrogens with zero attached hydrogens (tertiary/aromatic N) is 3. The van der Waals surface area contributed by atoms with Crippen molar-refractivity contribution >= 4 is 23.9 Å². The number of methoxy groups -OCH3 is 1. The molecule has 1 unspecified atom stereocenters. The Morgan fingerprint density at radius 3 is 2.21 bits per heavy atom. The van der Waals surface area contributed by atoms with E-state index in [9.17, 15) is 14.4 Å². The van der Waals surface area contributed by atoms with Crippen molar-refractivity contribution in [2.45, 2.75) is 30.8 Å². The third kappa shape index (κ3) is 6.23. The van der Waals surface area contributed by atoms with Crippen LogP contribution in [0.4, 0.5) is 4.79 Å². The van der Waals surface area contributed by atoms with Gasteiger partial charge in [0, 0.05) is 31.4 Å². The van der Waals surface area contributed by atoms with Crippen LogP contribution in [0.1, 0.15) is 29.7 Å². The summed E-state index contributed by atoms with van der Waals surface area (Å²) in [5, 5.41) is 5.40. The van der Waals surface area contributed by atoms with E-state index in [1.165, 1.54) is 12.0 Å². The Hall–Kier alpha value is -4.73. The molecule has 1 aromatic heterocycles. The van der Waals surface area contributed by atoms with Gasteiger partial charge in [-0.2, -0.15) is 0 Å². The van der Waals surface area contributed by atoms with E-state index in [0.29, 0.717) is 31.6 Å². The second kappa shape index (κ2) is 12.7. The van der Waals surface area contributed by atoms with Gasteiger partial charge < -0.3 is 21.1 Å². The summed E-state index contributed by atoms with van der Waals surface area (Å²) < 4.78 is 4.66. The highest BCUT2D eigenvalue weighted by atomic mass is 16.5. The van der Waals surface area contributed by atoms with Crippen molar-refractivity contribution in [1.29, 1.82) is 0 Å². The molecule has 39 heavy (non-hydrogen) atoms. The normalized spacial score (nSPS) is 14.8. The molecule has 2 heterocycles. The van der Waals surface area contributed by atoms with E-state index in [1.54, 1.807) is 18.3 Å². The maximum Gasteiger partial charge on any atom is 0.407 e. The number of aromatic nitrogens is 1. The van der Waals surface area contributed by atoms with Gasteiger partial charge in [-0.15, -0.1) is 0 Å². The molecule has 1 aliphatic rings. The Balaban J connectivity index is 1.36. The van der Waals surface area contributed by atoms with Crippen LogP contribution in [0.25, 0.3) is 0 Å². The molecule has 1 aliphatic heterocycles. The molecule has 0 aliphatic carbocycles. The Morgan fingerprint density at radius 2 is 1.62 bits per heavy atom. The predicted octanol–water partition coefficient (Wildman–Crippen LogP) is 2.35. The van der Waals surface area contributed by atoms with Gasteiger partial charge in [-0.25, -0.2) is 9.79 Å². The van der Waals surface area contributed by atoms with Gasteiger partial charge in [0.05, 0.1) is 7.11 Å². The Bertz CT molecular complexity index is 1260. The van der Waals surface area contributed by atoms with E-state index in [2.05, 4.69) is 20.4 Å². The molecule has 3 aromatic rings. The van der Waals surface area contributed by atoms with Crippen molar-refractivity contribution in [3.8, 4) is 0 Å². The fourth-order valence-electron chi connectivity index (χ4n) is 4.57. The summed E-state index contributed by atoms with van der Waals surface area (Å²) in [7, 11) is 1.24. The molecule has 0 saturated heterocycles. The van der Waals surface area contributed by atoms with Crippen molar-refractivity contribution in [1.82, 2.24) is 20.5 Å². The second-order valence-electron chi connectivity index (χ2n) is 9.08. The van der Waals surface area contributed by atoms with E-state index in [0.717, 1.165) is 11.1 Å². The number of nitrogens with two attached hydrogens (primary N) is 1. The number of alkyl carbamates (subject to hydrolysis) is 1. The van der Waals surface area contributed by atoms with Crippen LogP contribution in [0.5, 0.6) is 0 Å². The third-order valence-corrected chi connectivity index (χ3v) is 6.54. The summed E-state index contributed by atoms with van der Waals surface area (Å²) >= 11 is 0. The zero-order valence-electron chi connectivity index (χ0n) is 21.7. The van der Waals surface area contributed by atoms with Crippen LogP contribution in [-0.4, -0.2) is 60.0 Å². The van der Waals surface area contributed by atoms with Crippen molar-refractivity contribution in [3.63, 3.8) is 0 Å². The fourth-order valence-corrected chi connectivity index (χ4v) is 4.57. The van der Waals surface area contributed by atoms with E-state index < -0.39 is 17.7 Å². The van der Waals surface area contributed by atoms with Crippen LogP contribution in [0.15, 0.2) is 90.1 Å². The summed E-state index contributed by atoms with van der Waals surface area (Å²) in [6.45, 7) is 0.700. The largest absolute Gasteiger partial charge is 0.453 e. The number of benzene rings is 2. The quantitative estimate of drug-likeness (QED) is 0.327. The van der Waals surface area contributed by atoms with E-state index >= 15 is 0 Å². The highest BCUT2D eigenvalue weighted by molar-refractivity contribution is 6.09. The maximum atomic E-state index is 13.8.